The van der Waals surface area contributed by atoms with Crippen LogP contribution in [0, 0.1) is 0 Å². The molecule has 2 amide bonds. The number of amides is 2. The fourth-order valence-corrected chi connectivity index (χ4v) is 4.02. The van der Waals surface area contributed by atoms with Crippen molar-refractivity contribution in [1.29, 1.82) is 0 Å². The lowest BCUT2D eigenvalue weighted by molar-refractivity contribution is -0.116. The predicted molar refractivity (Wildman–Crippen MR) is 137 cm³/mol. The first-order valence-corrected chi connectivity index (χ1v) is 11.1. The van der Waals surface area contributed by atoms with Crippen LogP contribution in [0.15, 0.2) is 72.8 Å². The van der Waals surface area contributed by atoms with E-state index < -0.39 is 5.97 Å². The minimum absolute atomic E-state index is 0.0891. The molecule has 0 unspecified atom stereocenters. The lowest BCUT2D eigenvalue weighted by Gasteiger charge is -2.21. The van der Waals surface area contributed by atoms with Gasteiger partial charge in [-0.25, -0.2) is 4.79 Å². The van der Waals surface area contributed by atoms with E-state index in [1.807, 2.05) is 54.6 Å². The molecule has 8 nitrogen and oxygen atoms in total. The Labute approximate surface area is 203 Å². The highest BCUT2D eigenvalue weighted by Gasteiger charge is 2.29. The number of anilines is 3. The number of ether oxygens (including phenoxy) is 1. The molecule has 1 heterocycles. The van der Waals surface area contributed by atoms with Gasteiger partial charge in [-0.05, 0) is 42.0 Å². The number of hydrogen-bond donors (Lipinski definition) is 3. The molecule has 1 aliphatic heterocycles. The van der Waals surface area contributed by atoms with Crippen molar-refractivity contribution in [2.45, 2.75) is 6.92 Å². The van der Waals surface area contributed by atoms with Crippen LogP contribution in [0.1, 0.15) is 28.4 Å². The van der Waals surface area contributed by atoms with Gasteiger partial charge in [-0.1, -0.05) is 36.4 Å². The normalized spacial score (nSPS) is 13.5. The van der Waals surface area contributed by atoms with Crippen LogP contribution in [0.4, 0.5) is 17.1 Å². The van der Waals surface area contributed by atoms with Crippen molar-refractivity contribution in [2.24, 2.45) is 5.73 Å². The fraction of sp³-hybridized carbons (Fsp3) is 0.148. The summed E-state index contributed by atoms with van der Waals surface area (Å²) < 4.78 is 4.79. The lowest BCUT2D eigenvalue weighted by atomic mass is 9.99. The molecule has 0 fully saturated rings. The quantitative estimate of drug-likeness (QED) is 0.358. The Balaban J connectivity index is 1.76. The zero-order valence-corrected chi connectivity index (χ0v) is 19.5. The minimum atomic E-state index is -0.477. The zero-order valence-electron chi connectivity index (χ0n) is 19.5. The zero-order chi connectivity index (χ0) is 24.9. The molecule has 8 heteroatoms. The van der Waals surface area contributed by atoms with Gasteiger partial charge < -0.3 is 26.0 Å². The molecule has 4 N–H and O–H groups in total. The maximum Gasteiger partial charge on any atom is 0.337 e. The monoisotopic (exact) mass is 470 g/mol. The van der Waals surface area contributed by atoms with E-state index in [9.17, 15) is 14.4 Å². The highest BCUT2D eigenvalue weighted by Crippen LogP contribution is 2.38. The van der Waals surface area contributed by atoms with Crippen LogP contribution in [0.2, 0.25) is 0 Å². The van der Waals surface area contributed by atoms with Crippen molar-refractivity contribution in [3.05, 3.63) is 89.5 Å². The number of rotatable bonds is 7. The van der Waals surface area contributed by atoms with Gasteiger partial charge in [0.05, 0.1) is 29.6 Å². The summed E-state index contributed by atoms with van der Waals surface area (Å²) in [5.41, 5.74) is 10.6. The molecule has 0 aromatic heterocycles. The number of fused-ring (bicyclic) bond motifs is 1. The first-order chi connectivity index (χ1) is 16.9. The second kappa shape index (κ2) is 10.2. The van der Waals surface area contributed by atoms with Crippen molar-refractivity contribution < 1.29 is 19.1 Å². The average Bonchev–Trinajstić information content (AvgIpc) is 3.20. The highest BCUT2D eigenvalue weighted by molar-refractivity contribution is 6.37. The van der Waals surface area contributed by atoms with Crippen LogP contribution >= 0.6 is 0 Å². The summed E-state index contributed by atoms with van der Waals surface area (Å²) in [5, 5.41) is 6.24. The molecular weight excluding hydrogens is 444 g/mol. The van der Waals surface area contributed by atoms with Gasteiger partial charge in [-0.3, -0.25) is 9.59 Å². The summed E-state index contributed by atoms with van der Waals surface area (Å²) in [6.45, 7) is 2.28. The van der Waals surface area contributed by atoms with Gasteiger partial charge in [0.25, 0.3) is 5.91 Å². The number of nitrogens with one attached hydrogen (secondary N) is 2. The van der Waals surface area contributed by atoms with Crippen LogP contribution in [0.25, 0.3) is 11.3 Å². The van der Waals surface area contributed by atoms with Gasteiger partial charge in [0.15, 0.2) is 0 Å². The number of esters is 1. The summed E-state index contributed by atoms with van der Waals surface area (Å²) in [6, 6.07) is 21.9. The molecule has 35 heavy (non-hydrogen) atoms. The van der Waals surface area contributed by atoms with Crippen molar-refractivity contribution in [3.8, 4) is 0 Å². The Morgan fingerprint density at radius 2 is 1.71 bits per heavy atom. The van der Waals surface area contributed by atoms with Gasteiger partial charge in [-0.15, -0.1) is 0 Å². The number of nitrogens with two attached hydrogens (primary N) is 1. The third-order valence-corrected chi connectivity index (χ3v) is 5.68. The molecule has 3 aromatic rings. The summed E-state index contributed by atoms with van der Waals surface area (Å²) in [4.78, 5) is 38.6. The molecular formula is C27H26N4O4. The van der Waals surface area contributed by atoms with E-state index in [-0.39, 0.29) is 11.8 Å². The second-order valence-corrected chi connectivity index (χ2v) is 7.95. The van der Waals surface area contributed by atoms with E-state index in [0.29, 0.717) is 41.2 Å². The summed E-state index contributed by atoms with van der Waals surface area (Å²) in [7, 11) is 1.31. The van der Waals surface area contributed by atoms with E-state index in [4.69, 9.17) is 10.5 Å². The molecule has 0 bridgehead atoms. The molecule has 0 radical (unpaired) electrons. The van der Waals surface area contributed by atoms with Crippen LogP contribution in [-0.4, -0.2) is 38.0 Å². The molecule has 0 aliphatic carbocycles. The van der Waals surface area contributed by atoms with E-state index in [1.54, 1.807) is 23.1 Å². The number of carbonyl (C=O) groups is 3. The van der Waals surface area contributed by atoms with Crippen molar-refractivity contribution in [1.82, 2.24) is 0 Å². The van der Waals surface area contributed by atoms with Crippen molar-refractivity contribution in [2.75, 3.05) is 35.7 Å². The molecule has 1 aliphatic rings. The minimum Gasteiger partial charge on any atom is -0.465 e. The Morgan fingerprint density at radius 3 is 2.34 bits per heavy atom. The Morgan fingerprint density at radius 1 is 1.00 bits per heavy atom. The second-order valence-electron chi connectivity index (χ2n) is 7.95. The number of benzene rings is 3. The largest absolute Gasteiger partial charge is 0.465 e. The molecule has 0 spiro atoms. The standard InChI is InChI=1S/C27H26N4O4/c1-17(32)31(15-14-28)21-11-9-20(10-12-21)29-25(18-6-4-3-5-7-18)24-22-13-8-19(27(34)35-2)16-23(22)30-26(24)33/h3-13,16,29H,14-15,28H2,1-2H3,(H,30,33)/b25-24-. The summed E-state index contributed by atoms with van der Waals surface area (Å²) in [6.07, 6.45) is 0. The smallest absolute Gasteiger partial charge is 0.337 e. The Kier molecular flexibility index (Phi) is 6.93. The van der Waals surface area contributed by atoms with E-state index in [2.05, 4.69) is 10.6 Å². The van der Waals surface area contributed by atoms with Gasteiger partial charge >= 0.3 is 5.97 Å². The molecule has 0 atom stereocenters. The van der Waals surface area contributed by atoms with E-state index in [0.717, 1.165) is 16.9 Å². The number of methoxy groups -OCH3 is 1. The molecule has 0 saturated heterocycles. The van der Waals surface area contributed by atoms with Gasteiger partial charge in [-0.2, -0.15) is 0 Å². The Bertz CT molecular complexity index is 1300. The highest BCUT2D eigenvalue weighted by atomic mass is 16.5. The molecule has 4 rings (SSSR count). The van der Waals surface area contributed by atoms with Gasteiger partial charge in [0, 0.05) is 37.0 Å². The maximum absolute atomic E-state index is 13.1. The first-order valence-electron chi connectivity index (χ1n) is 11.1. The molecule has 3 aromatic carbocycles. The lowest BCUT2D eigenvalue weighted by Crippen LogP contribution is -2.33. The SMILES string of the molecule is COC(=O)c1ccc2c(c1)NC(=O)/C2=C(\Nc1ccc(N(CCN)C(C)=O)cc1)c1ccccc1. The van der Waals surface area contributed by atoms with E-state index in [1.165, 1.54) is 14.0 Å². The first kappa shape index (κ1) is 23.7. The third kappa shape index (κ3) is 4.92. The number of carbonyl (C=O) groups excluding carboxylic acids is 3. The van der Waals surface area contributed by atoms with Crippen molar-refractivity contribution in [3.63, 3.8) is 0 Å². The predicted octanol–water partition coefficient (Wildman–Crippen LogP) is 3.72. The van der Waals surface area contributed by atoms with Gasteiger partial charge in [0.1, 0.15) is 0 Å². The topological polar surface area (TPSA) is 114 Å². The van der Waals surface area contributed by atoms with Crippen LogP contribution in [-0.2, 0) is 14.3 Å². The summed E-state index contributed by atoms with van der Waals surface area (Å²) >= 11 is 0. The van der Waals surface area contributed by atoms with Crippen LogP contribution in [0.5, 0.6) is 0 Å². The number of nitrogens with zero attached hydrogens (tertiary/aromatic N) is 1. The maximum atomic E-state index is 13.1. The molecule has 0 saturated carbocycles. The summed E-state index contributed by atoms with van der Waals surface area (Å²) in [5.74, 6) is -0.847. The van der Waals surface area contributed by atoms with Crippen LogP contribution in [0.3, 0.4) is 0 Å². The van der Waals surface area contributed by atoms with Crippen molar-refractivity contribution >= 4 is 46.1 Å². The van der Waals surface area contributed by atoms with Crippen LogP contribution < -0.4 is 21.3 Å². The van der Waals surface area contributed by atoms with Gasteiger partial charge in [0.2, 0.25) is 5.91 Å². The average molecular weight is 471 g/mol. The fourth-order valence-electron chi connectivity index (χ4n) is 4.02. The third-order valence-electron chi connectivity index (χ3n) is 5.68. The van der Waals surface area contributed by atoms with E-state index >= 15 is 0 Å². The molecule has 178 valence electrons. The Hall–Kier alpha value is -4.43. The number of hydrogen-bond acceptors (Lipinski definition) is 6.